The first kappa shape index (κ1) is 17.6. The molecule has 0 aromatic heterocycles. The molecular formula is C17H27BrN2O2. The Balaban J connectivity index is 1.95. The fourth-order valence-electron chi connectivity index (χ4n) is 3.07. The van der Waals surface area contributed by atoms with Crippen LogP contribution in [0.2, 0.25) is 0 Å². The fraction of sp³-hybridized carbons (Fsp3) is 0.647. The van der Waals surface area contributed by atoms with Crippen molar-refractivity contribution in [3.05, 3.63) is 22.2 Å². The third-order valence-corrected chi connectivity index (χ3v) is 5.34. The van der Waals surface area contributed by atoms with Crippen molar-refractivity contribution in [1.82, 2.24) is 10.2 Å². The largest absolute Gasteiger partial charge is 0.493 e. The normalized spacial score (nSPS) is 16.7. The van der Waals surface area contributed by atoms with Gasteiger partial charge in [-0.15, -0.1) is 0 Å². The minimum Gasteiger partial charge on any atom is -0.493 e. The Morgan fingerprint density at radius 2 is 1.95 bits per heavy atom. The first-order valence-electron chi connectivity index (χ1n) is 7.95. The molecule has 1 saturated heterocycles. The molecular weight excluding hydrogens is 344 g/mol. The third kappa shape index (κ3) is 4.37. The van der Waals surface area contributed by atoms with Crippen molar-refractivity contribution in [2.75, 3.05) is 40.9 Å². The van der Waals surface area contributed by atoms with Crippen molar-refractivity contribution in [2.45, 2.75) is 25.8 Å². The summed E-state index contributed by atoms with van der Waals surface area (Å²) in [6, 6.07) is 4.11. The highest BCUT2D eigenvalue weighted by molar-refractivity contribution is 9.10. The molecule has 1 aromatic rings. The molecule has 0 radical (unpaired) electrons. The highest BCUT2D eigenvalue weighted by Gasteiger charge is 2.20. The number of nitrogens with one attached hydrogen (secondary N) is 1. The predicted molar refractivity (Wildman–Crippen MR) is 93.8 cm³/mol. The van der Waals surface area contributed by atoms with E-state index in [1.54, 1.807) is 14.2 Å². The number of halogens is 1. The zero-order chi connectivity index (χ0) is 15.9. The maximum Gasteiger partial charge on any atom is 0.175 e. The van der Waals surface area contributed by atoms with E-state index in [0.717, 1.165) is 35.0 Å². The Kier molecular flexibility index (Phi) is 6.99. The van der Waals surface area contributed by atoms with Crippen LogP contribution in [0.25, 0.3) is 0 Å². The second kappa shape index (κ2) is 8.75. The zero-order valence-electron chi connectivity index (χ0n) is 13.8. The van der Waals surface area contributed by atoms with Crippen molar-refractivity contribution in [1.29, 1.82) is 0 Å². The van der Waals surface area contributed by atoms with Crippen LogP contribution in [0.3, 0.4) is 0 Å². The van der Waals surface area contributed by atoms with Gasteiger partial charge in [-0.05, 0) is 79.4 Å². The minimum absolute atomic E-state index is 0.767. The summed E-state index contributed by atoms with van der Waals surface area (Å²) in [5.41, 5.74) is 1.26. The maximum absolute atomic E-state index is 5.46. The highest BCUT2D eigenvalue weighted by Crippen LogP contribution is 2.38. The molecule has 1 heterocycles. The molecule has 0 spiro atoms. The SMILES string of the molecule is CNCCC1CCN(Cc2ccc(OC)c(OC)c2Br)CC1. The van der Waals surface area contributed by atoms with Gasteiger partial charge in [-0.25, -0.2) is 0 Å². The molecule has 5 heteroatoms. The fourth-order valence-corrected chi connectivity index (χ4v) is 3.69. The molecule has 0 amide bonds. The molecule has 0 saturated carbocycles. The lowest BCUT2D eigenvalue weighted by molar-refractivity contribution is 0.172. The van der Waals surface area contributed by atoms with Crippen molar-refractivity contribution < 1.29 is 9.47 Å². The van der Waals surface area contributed by atoms with Gasteiger partial charge in [0.2, 0.25) is 0 Å². The van der Waals surface area contributed by atoms with E-state index in [2.05, 4.69) is 32.2 Å². The van der Waals surface area contributed by atoms with E-state index in [1.165, 1.54) is 37.9 Å². The van der Waals surface area contributed by atoms with Crippen LogP contribution in [0.4, 0.5) is 0 Å². The van der Waals surface area contributed by atoms with E-state index in [1.807, 2.05) is 13.1 Å². The van der Waals surface area contributed by atoms with Crippen LogP contribution in [0.1, 0.15) is 24.8 Å². The van der Waals surface area contributed by atoms with E-state index >= 15 is 0 Å². The highest BCUT2D eigenvalue weighted by atomic mass is 79.9. The number of hydrogen-bond acceptors (Lipinski definition) is 4. The molecule has 1 aliphatic heterocycles. The lowest BCUT2D eigenvalue weighted by atomic mass is 9.93. The summed E-state index contributed by atoms with van der Waals surface area (Å²) in [6.07, 6.45) is 3.89. The Morgan fingerprint density at radius 1 is 1.23 bits per heavy atom. The van der Waals surface area contributed by atoms with Gasteiger partial charge in [0.1, 0.15) is 0 Å². The molecule has 2 rings (SSSR count). The van der Waals surface area contributed by atoms with Gasteiger partial charge in [0.25, 0.3) is 0 Å². The topological polar surface area (TPSA) is 33.7 Å². The molecule has 4 nitrogen and oxygen atoms in total. The monoisotopic (exact) mass is 370 g/mol. The van der Waals surface area contributed by atoms with Crippen LogP contribution in [0, 0.1) is 5.92 Å². The molecule has 0 unspecified atom stereocenters. The van der Waals surface area contributed by atoms with E-state index in [0.29, 0.717) is 0 Å². The Morgan fingerprint density at radius 3 is 2.55 bits per heavy atom. The minimum atomic E-state index is 0.767. The lowest BCUT2D eigenvalue weighted by Crippen LogP contribution is -2.34. The Bertz CT molecular complexity index is 474. The van der Waals surface area contributed by atoms with E-state index in [9.17, 15) is 0 Å². The number of hydrogen-bond donors (Lipinski definition) is 1. The Labute approximate surface area is 142 Å². The number of rotatable bonds is 7. The molecule has 1 aromatic carbocycles. The van der Waals surface area contributed by atoms with Gasteiger partial charge in [0, 0.05) is 6.54 Å². The van der Waals surface area contributed by atoms with Crippen molar-refractivity contribution in [2.24, 2.45) is 5.92 Å². The van der Waals surface area contributed by atoms with Gasteiger partial charge in [-0.1, -0.05) is 6.07 Å². The molecule has 22 heavy (non-hydrogen) atoms. The summed E-state index contributed by atoms with van der Waals surface area (Å²) in [5.74, 6) is 2.42. The third-order valence-electron chi connectivity index (χ3n) is 4.47. The van der Waals surface area contributed by atoms with Gasteiger partial charge in [0.15, 0.2) is 11.5 Å². The maximum atomic E-state index is 5.46. The number of methoxy groups -OCH3 is 2. The van der Waals surface area contributed by atoms with Crippen LogP contribution in [0.5, 0.6) is 11.5 Å². The number of benzene rings is 1. The smallest absolute Gasteiger partial charge is 0.175 e. The number of piperidine rings is 1. The average molecular weight is 371 g/mol. The van der Waals surface area contributed by atoms with Gasteiger partial charge >= 0.3 is 0 Å². The van der Waals surface area contributed by atoms with E-state index in [4.69, 9.17) is 9.47 Å². The van der Waals surface area contributed by atoms with Gasteiger partial charge in [-0.3, -0.25) is 4.90 Å². The lowest BCUT2D eigenvalue weighted by Gasteiger charge is -2.32. The van der Waals surface area contributed by atoms with Crippen molar-refractivity contribution in [3.8, 4) is 11.5 Å². The van der Waals surface area contributed by atoms with Crippen molar-refractivity contribution in [3.63, 3.8) is 0 Å². The van der Waals surface area contributed by atoms with Gasteiger partial charge in [0.05, 0.1) is 18.7 Å². The number of ether oxygens (including phenoxy) is 2. The summed E-state index contributed by atoms with van der Waals surface area (Å²) in [4.78, 5) is 2.53. The zero-order valence-corrected chi connectivity index (χ0v) is 15.4. The summed E-state index contributed by atoms with van der Waals surface area (Å²) < 4.78 is 11.8. The summed E-state index contributed by atoms with van der Waals surface area (Å²) >= 11 is 3.67. The first-order chi connectivity index (χ1) is 10.7. The van der Waals surface area contributed by atoms with Crippen LogP contribution < -0.4 is 14.8 Å². The molecule has 1 N–H and O–H groups in total. The standard InChI is InChI=1S/C17H27BrN2O2/c1-19-9-6-13-7-10-20(11-8-13)12-14-4-5-15(21-2)17(22-3)16(14)18/h4-5,13,19H,6-12H2,1-3H3. The first-order valence-corrected chi connectivity index (χ1v) is 8.75. The average Bonchev–Trinajstić information content (AvgIpc) is 2.55. The molecule has 0 atom stereocenters. The molecule has 124 valence electrons. The second-order valence-corrected chi connectivity index (χ2v) is 6.68. The quantitative estimate of drug-likeness (QED) is 0.798. The molecule has 0 bridgehead atoms. The van der Waals surface area contributed by atoms with Gasteiger partial charge < -0.3 is 14.8 Å². The summed E-state index contributed by atoms with van der Waals surface area (Å²) in [6.45, 7) is 4.44. The van der Waals surface area contributed by atoms with Gasteiger partial charge in [-0.2, -0.15) is 0 Å². The van der Waals surface area contributed by atoms with Crippen molar-refractivity contribution >= 4 is 15.9 Å². The van der Waals surface area contributed by atoms with Crippen LogP contribution in [-0.2, 0) is 6.54 Å². The molecule has 1 aliphatic rings. The van der Waals surface area contributed by atoms with Crippen LogP contribution in [0.15, 0.2) is 16.6 Å². The molecule has 0 aliphatic carbocycles. The van der Waals surface area contributed by atoms with Crippen LogP contribution in [-0.4, -0.2) is 45.8 Å². The van der Waals surface area contributed by atoms with E-state index in [-0.39, 0.29) is 0 Å². The van der Waals surface area contributed by atoms with Crippen LogP contribution >= 0.6 is 15.9 Å². The number of likely N-dealkylation sites (tertiary alicyclic amines) is 1. The van der Waals surface area contributed by atoms with E-state index < -0.39 is 0 Å². The molecule has 1 fully saturated rings. The second-order valence-electron chi connectivity index (χ2n) is 5.89. The summed E-state index contributed by atoms with van der Waals surface area (Å²) in [7, 11) is 5.38. The summed E-state index contributed by atoms with van der Waals surface area (Å²) in [5, 5.41) is 3.25. The Hall–Kier alpha value is -0.780. The number of nitrogens with zero attached hydrogens (tertiary/aromatic N) is 1. The predicted octanol–water partition coefficient (Wildman–Crippen LogP) is 3.29.